The van der Waals surface area contributed by atoms with Gasteiger partial charge in [-0.15, -0.1) is 4.99 Å². The van der Waals surface area contributed by atoms with Crippen LogP contribution in [0.3, 0.4) is 0 Å². The van der Waals surface area contributed by atoms with Crippen LogP contribution in [0, 0.1) is 11.8 Å². The van der Waals surface area contributed by atoms with Gasteiger partial charge in [-0.1, -0.05) is 0 Å². The summed E-state index contributed by atoms with van der Waals surface area (Å²) in [4.78, 5) is 41.4. The Morgan fingerprint density at radius 1 is 1.50 bits per heavy atom. The second-order valence-electron chi connectivity index (χ2n) is 5.50. The lowest BCUT2D eigenvalue weighted by atomic mass is 10.0. The van der Waals surface area contributed by atoms with Gasteiger partial charge in [0.05, 0.1) is 32.3 Å². The number of allylic oxidation sites excluding steroid dienone is 1. The zero-order valence-corrected chi connectivity index (χ0v) is 12.4. The van der Waals surface area contributed by atoms with E-state index in [-0.39, 0.29) is 17.7 Å². The van der Waals surface area contributed by atoms with Crippen LogP contribution in [-0.2, 0) is 14.3 Å². The van der Waals surface area contributed by atoms with Crippen molar-refractivity contribution in [3.05, 3.63) is 11.8 Å². The maximum absolute atomic E-state index is 12.2. The molecule has 22 heavy (non-hydrogen) atoms. The number of aliphatic imine (C=N–C) groups is 1. The average molecular weight is 305 g/mol. The molecule has 0 saturated carbocycles. The Morgan fingerprint density at radius 3 is 2.95 bits per heavy atom. The zero-order valence-electron chi connectivity index (χ0n) is 12.4. The van der Waals surface area contributed by atoms with Crippen LogP contribution in [0.15, 0.2) is 16.8 Å². The van der Waals surface area contributed by atoms with E-state index >= 15 is 0 Å². The maximum atomic E-state index is 12.2. The number of carbonyl (C=O) groups excluding carboxylic acids is 3. The van der Waals surface area contributed by atoms with E-state index in [1.165, 1.54) is 17.8 Å². The molecular weight excluding hydrogens is 288 g/mol. The summed E-state index contributed by atoms with van der Waals surface area (Å²) in [6, 6.07) is -0.419. The van der Waals surface area contributed by atoms with E-state index in [4.69, 9.17) is 4.74 Å². The number of urea groups is 1. The first-order chi connectivity index (χ1) is 10.5. The summed E-state index contributed by atoms with van der Waals surface area (Å²) in [7, 11) is 3.00. The molecule has 0 aliphatic carbocycles. The summed E-state index contributed by atoms with van der Waals surface area (Å²) in [6.45, 7) is 0.998. The van der Waals surface area contributed by atoms with Gasteiger partial charge in [-0.2, -0.15) is 9.48 Å². The summed E-state index contributed by atoms with van der Waals surface area (Å²) in [5.74, 6) is -0.956. The molecule has 2 unspecified atom stereocenters. The van der Waals surface area contributed by atoms with Crippen LogP contribution in [0.2, 0.25) is 0 Å². The number of hydrogen-bond donors (Lipinski definition) is 1. The van der Waals surface area contributed by atoms with Gasteiger partial charge in [0.2, 0.25) is 5.91 Å². The van der Waals surface area contributed by atoms with Crippen molar-refractivity contribution in [2.45, 2.75) is 6.42 Å². The first-order valence-corrected chi connectivity index (χ1v) is 7.05. The van der Waals surface area contributed by atoms with Crippen LogP contribution in [0.4, 0.5) is 4.79 Å². The number of nitrogens with zero attached hydrogens (tertiary/aromatic N) is 3. The van der Waals surface area contributed by atoms with Crippen molar-refractivity contribution < 1.29 is 23.7 Å². The van der Waals surface area contributed by atoms with Gasteiger partial charge in [-0.05, 0) is 12.5 Å². The predicted molar refractivity (Wildman–Crippen MR) is 76.5 cm³/mol. The molecule has 1 fully saturated rings. The van der Waals surface area contributed by atoms with Crippen molar-refractivity contribution in [1.82, 2.24) is 10.2 Å². The first kappa shape index (κ1) is 14.6. The average Bonchev–Trinajstić information content (AvgIpc) is 3.05. The molecule has 2 atom stereocenters. The summed E-state index contributed by atoms with van der Waals surface area (Å²) in [6.07, 6.45) is 3.77. The highest BCUT2D eigenvalue weighted by molar-refractivity contribution is 6.15. The van der Waals surface area contributed by atoms with Gasteiger partial charge < -0.3 is 10.1 Å². The second-order valence-corrected chi connectivity index (χ2v) is 5.50. The minimum absolute atomic E-state index is 0.139. The molecule has 8 heteroatoms. The third kappa shape index (κ3) is 2.35. The third-order valence-corrected chi connectivity index (χ3v) is 4.04. The van der Waals surface area contributed by atoms with E-state index in [1.54, 1.807) is 13.1 Å². The second kappa shape index (κ2) is 5.45. The number of imide groups is 1. The molecule has 0 radical (unpaired) electrons. The number of rotatable bonds is 2. The predicted octanol–water partition coefficient (Wildman–Crippen LogP) is -0.644. The van der Waals surface area contributed by atoms with E-state index in [0.29, 0.717) is 31.2 Å². The Labute approximate surface area is 127 Å². The molecule has 3 rings (SSSR count). The van der Waals surface area contributed by atoms with Gasteiger partial charge >= 0.3 is 11.9 Å². The fourth-order valence-corrected chi connectivity index (χ4v) is 2.68. The number of amides is 4. The Kier molecular flexibility index (Phi) is 3.61. The topological polar surface area (TPSA) is 91.1 Å². The summed E-state index contributed by atoms with van der Waals surface area (Å²) < 4.78 is 6.52. The minimum atomic E-state index is -0.659. The van der Waals surface area contributed by atoms with Gasteiger partial charge in [0.25, 0.3) is 5.84 Å². The molecule has 0 spiro atoms. The highest BCUT2D eigenvalue weighted by Crippen LogP contribution is 2.19. The highest BCUT2D eigenvalue weighted by Gasteiger charge is 2.44. The first-order valence-electron chi connectivity index (χ1n) is 7.05. The molecule has 8 nitrogen and oxygen atoms in total. The Morgan fingerprint density at radius 2 is 2.27 bits per heavy atom. The number of nitrogens with one attached hydrogen (secondary N) is 1. The number of ether oxygens (including phenoxy) is 1. The van der Waals surface area contributed by atoms with E-state index in [9.17, 15) is 14.4 Å². The Hall–Kier alpha value is -2.35. The molecule has 3 aliphatic rings. The number of hydrogen-bond acceptors (Lipinski definition) is 5. The van der Waals surface area contributed by atoms with Gasteiger partial charge in [-0.3, -0.25) is 9.59 Å². The van der Waals surface area contributed by atoms with Crippen LogP contribution in [0.1, 0.15) is 6.42 Å². The minimum Gasteiger partial charge on any atom is -0.381 e. The fraction of sp³-hybridized carbons (Fsp3) is 0.500. The van der Waals surface area contributed by atoms with Crippen molar-refractivity contribution >= 4 is 29.9 Å². The molecule has 0 bridgehead atoms. The number of carbonyl (C=O) groups is 3. The van der Waals surface area contributed by atoms with E-state index in [2.05, 4.69) is 10.3 Å². The number of amidine groups is 1. The van der Waals surface area contributed by atoms with Crippen LogP contribution < -0.4 is 5.32 Å². The normalized spacial score (nSPS) is 27.9. The molecule has 1 saturated heterocycles. The smallest absolute Gasteiger partial charge is 0.381 e. The van der Waals surface area contributed by atoms with Crippen LogP contribution in [-0.4, -0.2) is 66.7 Å². The molecule has 4 amide bonds. The summed E-state index contributed by atoms with van der Waals surface area (Å²) >= 11 is 0. The van der Waals surface area contributed by atoms with Crippen molar-refractivity contribution in [3.63, 3.8) is 0 Å². The van der Waals surface area contributed by atoms with E-state index < -0.39 is 11.9 Å². The Bertz CT molecular complexity index is 643. The fourth-order valence-electron chi connectivity index (χ4n) is 2.68. The molecule has 1 N–H and O–H groups in total. The van der Waals surface area contributed by atoms with Crippen molar-refractivity contribution in [1.29, 1.82) is 0 Å². The van der Waals surface area contributed by atoms with Gasteiger partial charge in [0, 0.05) is 6.61 Å². The largest absolute Gasteiger partial charge is 0.445 e. The summed E-state index contributed by atoms with van der Waals surface area (Å²) in [5.41, 5.74) is 0.468. The SMILES string of the molecule is CN1C(=O)C2C=C(NC(=O)C3CCOC3)C=NC2=[N+](C)C1=O. The zero-order chi connectivity index (χ0) is 15.9. The third-order valence-electron chi connectivity index (χ3n) is 4.04. The highest BCUT2D eigenvalue weighted by atomic mass is 16.5. The van der Waals surface area contributed by atoms with Crippen molar-refractivity contribution in [3.8, 4) is 0 Å². The molecule has 0 aromatic rings. The van der Waals surface area contributed by atoms with Crippen molar-refractivity contribution in [2.24, 2.45) is 16.8 Å². The van der Waals surface area contributed by atoms with Gasteiger partial charge in [-0.25, -0.2) is 4.79 Å². The monoisotopic (exact) mass is 305 g/mol. The van der Waals surface area contributed by atoms with Crippen LogP contribution >= 0.6 is 0 Å². The maximum Gasteiger partial charge on any atom is 0.445 e. The van der Waals surface area contributed by atoms with Gasteiger partial charge in [0.15, 0.2) is 5.92 Å². The molecule has 3 aliphatic heterocycles. The molecule has 3 heterocycles. The lowest BCUT2D eigenvalue weighted by Crippen LogP contribution is -2.52. The van der Waals surface area contributed by atoms with Crippen LogP contribution in [0.25, 0.3) is 0 Å². The molecule has 116 valence electrons. The van der Waals surface area contributed by atoms with E-state index in [0.717, 1.165) is 4.90 Å². The van der Waals surface area contributed by atoms with Gasteiger partial charge in [0.1, 0.15) is 6.21 Å². The molecule has 0 aromatic heterocycles. The van der Waals surface area contributed by atoms with Crippen LogP contribution in [0.5, 0.6) is 0 Å². The quantitative estimate of drug-likeness (QED) is 0.687. The Balaban J connectivity index is 1.81. The molecule has 0 aromatic carbocycles. The lowest BCUT2D eigenvalue weighted by molar-refractivity contribution is -0.407. The van der Waals surface area contributed by atoms with Crippen molar-refractivity contribution in [2.75, 3.05) is 27.3 Å². The number of dihydropyridines is 1. The standard InChI is InChI=1S/C14H16N4O4/c1-17-11-10(13(20)18(2)14(17)21)5-9(6-15-11)16-12(19)8-3-4-22-7-8/h5-6,8,10H,3-4,7H2,1-2H3/p+1. The molecular formula is C14H17N4O4+. The number of fused-ring (bicyclic) bond motifs is 1. The lowest BCUT2D eigenvalue weighted by Gasteiger charge is -2.24. The summed E-state index contributed by atoms with van der Waals surface area (Å²) in [5, 5.41) is 2.76. The van der Waals surface area contributed by atoms with E-state index in [1.807, 2.05) is 0 Å².